The first kappa shape index (κ1) is 19.1. The Hall–Kier alpha value is -1.63. The minimum absolute atomic E-state index is 0.0382. The van der Waals surface area contributed by atoms with Gasteiger partial charge >= 0.3 is 0 Å². The number of hydrogen-bond donors (Lipinski definition) is 2. The zero-order chi connectivity index (χ0) is 18.4. The lowest BCUT2D eigenvalue weighted by molar-refractivity contribution is -0.146. The van der Waals surface area contributed by atoms with Crippen molar-refractivity contribution in [2.24, 2.45) is 0 Å². The summed E-state index contributed by atoms with van der Waals surface area (Å²) in [6.07, 6.45) is 1.47. The van der Waals surface area contributed by atoms with Crippen LogP contribution in [0.15, 0.2) is 30.3 Å². The molecule has 6 nitrogen and oxygen atoms in total. The molecule has 144 valence electrons. The van der Waals surface area contributed by atoms with Gasteiger partial charge in [0.1, 0.15) is 5.60 Å². The van der Waals surface area contributed by atoms with Gasteiger partial charge in [-0.3, -0.25) is 9.69 Å². The largest absolute Gasteiger partial charge is 0.369 e. The summed E-state index contributed by atoms with van der Waals surface area (Å²) >= 11 is 0. The summed E-state index contributed by atoms with van der Waals surface area (Å²) in [7, 11) is 1.65. The molecule has 0 radical (unpaired) electrons. The average molecular weight is 361 g/mol. The van der Waals surface area contributed by atoms with E-state index in [1.165, 1.54) is 5.69 Å². The van der Waals surface area contributed by atoms with Crippen LogP contribution in [0.1, 0.15) is 19.8 Å². The molecule has 1 atom stereocenters. The van der Waals surface area contributed by atoms with E-state index in [1.807, 2.05) is 0 Å². The van der Waals surface area contributed by atoms with Gasteiger partial charge in [0.2, 0.25) is 0 Å². The second kappa shape index (κ2) is 8.84. The molecular formula is C20H32N4O2. The Morgan fingerprint density at radius 3 is 2.46 bits per heavy atom. The molecule has 0 saturated carbocycles. The number of ether oxygens (including phenoxy) is 1. The molecule has 2 saturated heterocycles. The Morgan fingerprint density at radius 1 is 1.19 bits per heavy atom. The van der Waals surface area contributed by atoms with Crippen molar-refractivity contribution in [3.05, 3.63) is 30.3 Å². The van der Waals surface area contributed by atoms with Crippen LogP contribution in [0.5, 0.6) is 0 Å². The maximum atomic E-state index is 12.7. The quantitative estimate of drug-likeness (QED) is 0.795. The van der Waals surface area contributed by atoms with E-state index < -0.39 is 5.60 Å². The van der Waals surface area contributed by atoms with E-state index in [0.29, 0.717) is 12.6 Å². The van der Waals surface area contributed by atoms with Gasteiger partial charge in [-0.25, -0.2) is 0 Å². The van der Waals surface area contributed by atoms with Crippen LogP contribution < -0.4 is 15.5 Å². The second-order valence-corrected chi connectivity index (χ2v) is 7.37. The van der Waals surface area contributed by atoms with Crippen molar-refractivity contribution in [3.63, 3.8) is 0 Å². The van der Waals surface area contributed by atoms with Crippen molar-refractivity contribution in [1.29, 1.82) is 0 Å². The smallest absolute Gasteiger partial charge is 0.252 e. The van der Waals surface area contributed by atoms with Gasteiger partial charge in [-0.15, -0.1) is 0 Å². The fourth-order valence-corrected chi connectivity index (χ4v) is 3.94. The third kappa shape index (κ3) is 4.37. The molecule has 1 aromatic carbocycles. The van der Waals surface area contributed by atoms with Crippen LogP contribution in [0.25, 0.3) is 0 Å². The molecule has 1 unspecified atom stereocenters. The molecular weight excluding hydrogens is 328 g/mol. The molecule has 1 amide bonds. The van der Waals surface area contributed by atoms with Gasteiger partial charge in [-0.2, -0.15) is 0 Å². The van der Waals surface area contributed by atoms with Gasteiger partial charge in [0.15, 0.2) is 0 Å². The van der Waals surface area contributed by atoms with Crippen molar-refractivity contribution in [2.45, 2.75) is 31.4 Å². The average Bonchev–Trinajstić information content (AvgIpc) is 2.73. The van der Waals surface area contributed by atoms with Crippen LogP contribution in [0.3, 0.4) is 0 Å². The third-order valence-electron chi connectivity index (χ3n) is 5.83. The first-order valence-electron chi connectivity index (χ1n) is 9.73. The van der Waals surface area contributed by atoms with Crippen molar-refractivity contribution in [2.75, 3.05) is 57.8 Å². The Bertz CT molecular complexity index is 566. The third-order valence-corrected chi connectivity index (χ3v) is 5.83. The summed E-state index contributed by atoms with van der Waals surface area (Å²) in [4.78, 5) is 17.6. The highest BCUT2D eigenvalue weighted by atomic mass is 16.5. The molecule has 2 aliphatic heterocycles. The number of rotatable bonds is 6. The predicted octanol–water partition coefficient (Wildman–Crippen LogP) is 1.08. The van der Waals surface area contributed by atoms with Crippen LogP contribution in [-0.2, 0) is 9.53 Å². The van der Waals surface area contributed by atoms with E-state index >= 15 is 0 Å². The Kier molecular flexibility index (Phi) is 6.51. The van der Waals surface area contributed by atoms with Crippen LogP contribution in [0, 0.1) is 0 Å². The fraction of sp³-hybridized carbons (Fsp3) is 0.650. The number of piperidine rings is 1. The topological polar surface area (TPSA) is 56.8 Å². The van der Waals surface area contributed by atoms with E-state index in [4.69, 9.17) is 4.74 Å². The number of carbonyl (C=O) groups excluding carboxylic acids is 1. The normalized spacial score (nSPS) is 22.0. The first-order valence-corrected chi connectivity index (χ1v) is 9.73. The van der Waals surface area contributed by atoms with Crippen LogP contribution in [-0.4, -0.2) is 75.4 Å². The maximum Gasteiger partial charge on any atom is 0.252 e. The predicted molar refractivity (Wildman–Crippen MR) is 105 cm³/mol. The van der Waals surface area contributed by atoms with E-state index in [0.717, 1.165) is 52.1 Å². The lowest BCUT2D eigenvalue weighted by Gasteiger charge is -2.40. The number of piperazine rings is 1. The minimum atomic E-state index is -0.656. The SMILES string of the molecule is COC1(C(=O)NCC(C)N2CCN(c3ccccc3)CC2)CCNCC1. The Morgan fingerprint density at radius 2 is 1.85 bits per heavy atom. The summed E-state index contributed by atoms with van der Waals surface area (Å²) in [6, 6.07) is 10.9. The van der Waals surface area contributed by atoms with Gasteiger partial charge in [0, 0.05) is 51.6 Å². The molecule has 2 fully saturated rings. The van der Waals surface area contributed by atoms with Crippen molar-refractivity contribution < 1.29 is 9.53 Å². The van der Waals surface area contributed by atoms with E-state index in [-0.39, 0.29) is 5.91 Å². The fourth-order valence-electron chi connectivity index (χ4n) is 3.94. The number of para-hydroxylation sites is 1. The first-order chi connectivity index (χ1) is 12.6. The zero-order valence-electron chi connectivity index (χ0n) is 16.0. The highest BCUT2D eigenvalue weighted by Gasteiger charge is 2.39. The molecule has 0 aliphatic carbocycles. The van der Waals surface area contributed by atoms with Gasteiger partial charge in [-0.1, -0.05) is 18.2 Å². The molecule has 1 aromatic rings. The monoisotopic (exact) mass is 360 g/mol. The molecule has 2 heterocycles. The van der Waals surface area contributed by atoms with Gasteiger partial charge < -0.3 is 20.3 Å². The van der Waals surface area contributed by atoms with Crippen LogP contribution in [0.2, 0.25) is 0 Å². The number of methoxy groups -OCH3 is 1. The summed E-state index contributed by atoms with van der Waals surface area (Å²) in [5.74, 6) is 0.0382. The number of carbonyl (C=O) groups is 1. The molecule has 3 rings (SSSR count). The van der Waals surface area contributed by atoms with Gasteiger partial charge in [-0.05, 0) is 45.0 Å². The number of benzene rings is 1. The van der Waals surface area contributed by atoms with Crippen molar-refractivity contribution in [3.8, 4) is 0 Å². The van der Waals surface area contributed by atoms with Gasteiger partial charge in [0.05, 0.1) is 0 Å². The Balaban J connectivity index is 1.45. The summed E-state index contributed by atoms with van der Waals surface area (Å²) < 4.78 is 5.61. The van der Waals surface area contributed by atoms with Crippen LogP contribution in [0.4, 0.5) is 5.69 Å². The van der Waals surface area contributed by atoms with Crippen LogP contribution >= 0.6 is 0 Å². The number of nitrogens with zero attached hydrogens (tertiary/aromatic N) is 2. The number of nitrogens with one attached hydrogen (secondary N) is 2. The van der Waals surface area contributed by atoms with E-state index in [2.05, 4.69) is 57.7 Å². The molecule has 0 spiro atoms. The molecule has 6 heteroatoms. The molecule has 0 aromatic heterocycles. The highest BCUT2D eigenvalue weighted by Crippen LogP contribution is 2.22. The summed E-state index contributed by atoms with van der Waals surface area (Å²) in [5, 5.41) is 6.43. The highest BCUT2D eigenvalue weighted by molar-refractivity contribution is 5.85. The zero-order valence-corrected chi connectivity index (χ0v) is 16.0. The Labute approximate surface area is 156 Å². The van der Waals surface area contributed by atoms with Crippen molar-refractivity contribution in [1.82, 2.24) is 15.5 Å². The minimum Gasteiger partial charge on any atom is -0.369 e. The number of anilines is 1. The summed E-state index contributed by atoms with van der Waals surface area (Å²) in [5.41, 5.74) is 0.637. The molecule has 2 aliphatic rings. The molecule has 0 bridgehead atoms. The van der Waals surface area contributed by atoms with E-state index in [1.54, 1.807) is 7.11 Å². The molecule has 2 N–H and O–H groups in total. The number of amides is 1. The lowest BCUT2D eigenvalue weighted by atomic mass is 9.91. The second-order valence-electron chi connectivity index (χ2n) is 7.37. The van der Waals surface area contributed by atoms with E-state index in [9.17, 15) is 4.79 Å². The number of hydrogen-bond acceptors (Lipinski definition) is 5. The van der Waals surface area contributed by atoms with Crippen molar-refractivity contribution >= 4 is 11.6 Å². The molecule has 26 heavy (non-hydrogen) atoms. The lowest BCUT2D eigenvalue weighted by Crippen LogP contribution is -2.57. The standard InChI is InChI=1S/C20H32N4O2/c1-17(16-22-19(25)20(26-2)8-10-21-11-9-20)23-12-14-24(15-13-23)18-6-4-3-5-7-18/h3-7,17,21H,8-16H2,1-2H3,(H,22,25). The maximum absolute atomic E-state index is 12.7. The van der Waals surface area contributed by atoms with Gasteiger partial charge in [0.25, 0.3) is 5.91 Å². The summed E-state index contributed by atoms with van der Waals surface area (Å²) in [6.45, 7) is 8.61.